The maximum Gasteiger partial charge on any atom is 0.333 e. The fourth-order valence-electron chi connectivity index (χ4n) is 6.51. The topological polar surface area (TPSA) is 107 Å². The van der Waals surface area contributed by atoms with E-state index in [0.29, 0.717) is 43.1 Å². The van der Waals surface area contributed by atoms with Crippen LogP contribution in [-0.2, 0) is 62.6 Å². The molecular weight excluding hydrogens is 805 g/mol. The average molecular weight is 863 g/mol. The van der Waals surface area contributed by atoms with Gasteiger partial charge in [-0.05, 0) is 89.4 Å². The minimum absolute atomic E-state index is 0.0736. The molecule has 0 radical (unpaired) electrons. The minimum Gasteiger partial charge on any atom is -0.460 e. The molecule has 9 nitrogen and oxygen atoms in total. The van der Waals surface area contributed by atoms with E-state index in [1.807, 2.05) is 0 Å². The van der Waals surface area contributed by atoms with Crippen LogP contribution < -0.4 is 0 Å². The highest BCUT2D eigenvalue weighted by Crippen LogP contribution is 2.34. The van der Waals surface area contributed by atoms with Crippen molar-refractivity contribution in [2.75, 3.05) is 39.6 Å². The van der Waals surface area contributed by atoms with E-state index in [1.54, 1.807) is 20.8 Å². The number of esters is 3. The molecule has 5 rings (SSSR count). The number of hydrogen-bond donors (Lipinski definition) is 0. The van der Waals surface area contributed by atoms with Crippen LogP contribution >= 0.6 is 0 Å². The molecule has 5 aromatic rings. The third-order valence-corrected chi connectivity index (χ3v) is 10.1. The number of ether oxygens (including phenoxy) is 6. The third-order valence-electron chi connectivity index (χ3n) is 10.1. The van der Waals surface area contributed by atoms with E-state index in [1.165, 1.54) is 5.56 Å². The van der Waals surface area contributed by atoms with E-state index in [4.69, 9.17) is 28.4 Å². The van der Waals surface area contributed by atoms with Crippen LogP contribution in [0.4, 0.5) is 0 Å². The molecule has 0 aliphatic heterocycles. The molecule has 0 aliphatic carbocycles. The quantitative estimate of drug-likeness (QED) is 0.0150. The van der Waals surface area contributed by atoms with E-state index >= 15 is 0 Å². The fraction of sp³-hybridized carbons (Fsp3) is 0.255. The van der Waals surface area contributed by atoms with Gasteiger partial charge in [0.15, 0.2) is 0 Å². The zero-order valence-corrected chi connectivity index (χ0v) is 37.4. The average Bonchev–Trinajstić information content (AvgIpc) is 3.29. The number of carbonyl (C=O) groups excluding carboxylic acids is 3. The van der Waals surface area contributed by atoms with Crippen molar-refractivity contribution in [3.63, 3.8) is 0 Å². The summed E-state index contributed by atoms with van der Waals surface area (Å²) in [5, 5.41) is 0. The highest BCUT2D eigenvalue weighted by Gasteiger charge is 2.18. The molecule has 0 saturated carbocycles. The second-order valence-electron chi connectivity index (χ2n) is 15.6. The molecule has 0 spiro atoms. The number of carbonyl (C=O) groups is 3. The van der Waals surface area contributed by atoms with Crippen LogP contribution in [0.5, 0.6) is 0 Å². The van der Waals surface area contributed by atoms with Gasteiger partial charge in [-0.15, -0.1) is 0 Å². The van der Waals surface area contributed by atoms with Crippen LogP contribution in [0.3, 0.4) is 0 Å². The van der Waals surface area contributed by atoms with Crippen molar-refractivity contribution >= 4 is 29.6 Å². The largest absolute Gasteiger partial charge is 0.460 e. The summed E-state index contributed by atoms with van der Waals surface area (Å²) in [7, 11) is 0. The zero-order valence-electron chi connectivity index (χ0n) is 37.4. The number of benzene rings is 5. The summed E-state index contributed by atoms with van der Waals surface area (Å²) in [6, 6.07) is 42.3. The van der Waals surface area contributed by atoms with Gasteiger partial charge in [0.1, 0.15) is 19.8 Å². The van der Waals surface area contributed by atoms with Crippen molar-refractivity contribution in [2.45, 2.75) is 53.4 Å². The molecule has 0 heterocycles. The maximum absolute atomic E-state index is 11.7. The van der Waals surface area contributed by atoms with Crippen molar-refractivity contribution in [1.82, 2.24) is 0 Å². The second kappa shape index (κ2) is 24.8. The standard InChI is InChI=1S/C55H58O9/c1-38(2)53(56)62-31-28-59-35-43-12-20-47(21-13-43)51(46-18-8-41(7)9-19-46)34-42-10-22-48(23-11-42)52(49-24-14-44(15-25-49)36-60-29-32-63-54(57)39(3)4)50-26-16-45(17-27-50)37-61-30-33-64-55(58)40(5)6/h8-27,34,52H,1,3,5,28-33,35-37H2,2,4,6-7H3. The van der Waals surface area contributed by atoms with Crippen LogP contribution in [0, 0.1) is 6.92 Å². The third kappa shape index (κ3) is 15.3. The molecule has 0 atom stereocenters. The Morgan fingerprint density at radius 3 is 1.11 bits per heavy atom. The molecule has 0 aromatic heterocycles. The predicted molar refractivity (Wildman–Crippen MR) is 251 cm³/mol. The first kappa shape index (κ1) is 48.4. The van der Waals surface area contributed by atoms with Crippen molar-refractivity contribution in [3.05, 3.63) is 213 Å². The summed E-state index contributed by atoms with van der Waals surface area (Å²) in [5.74, 6) is -1.35. The summed E-state index contributed by atoms with van der Waals surface area (Å²) in [4.78, 5) is 35.0. The Hall–Kier alpha value is -6.65. The Balaban J connectivity index is 1.35. The summed E-state index contributed by atoms with van der Waals surface area (Å²) in [6.45, 7) is 20.2. The highest BCUT2D eigenvalue weighted by atomic mass is 16.6. The Morgan fingerprint density at radius 2 is 0.766 bits per heavy atom. The molecule has 0 N–H and O–H groups in total. The lowest BCUT2D eigenvalue weighted by molar-refractivity contribution is -0.141. The zero-order chi connectivity index (χ0) is 45.8. The maximum atomic E-state index is 11.7. The Morgan fingerprint density at radius 1 is 0.453 bits per heavy atom. The van der Waals surface area contributed by atoms with Gasteiger partial charge in [0.25, 0.3) is 0 Å². The smallest absolute Gasteiger partial charge is 0.333 e. The molecule has 5 aromatic carbocycles. The summed E-state index contributed by atoms with van der Waals surface area (Å²) in [6.07, 6.45) is 2.22. The molecule has 0 fully saturated rings. The van der Waals surface area contributed by atoms with Crippen LogP contribution in [-0.4, -0.2) is 57.5 Å². The molecule has 0 unspecified atom stereocenters. The summed E-state index contributed by atoms with van der Waals surface area (Å²) < 4.78 is 32.8. The second-order valence-corrected chi connectivity index (χ2v) is 15.6. The fourth-order valence-corrected chi connectivity index (χ4v) is 6.51. The van der Waals surface area contributed by atoms with Gasteiger partial charge in [-0.3, -0.25) is 0 Å². The first-order valence-electron chi connectivity index (χ1n) is 21.2. The minimum atomic E-state index is -0.427. The molecule has 0 amide bonds. The van der Waals surface area contributed by atoms with Crippen molar-refractivity contribution in [2.24, 2.45) is 0 Å². The van der Waals surface area contributed by atoms with Crippen LogP contribution in [0.25, 0.3) is 11.6 Å². The van der Waals surface area contributed by atoms with Gasteiger partial charge in [-0.1, -0.05) is 147 Å². The van der Waals surface area contributed by atoms with Crippen LogP contribution in [0.15, 0.2) is 158 Å². The highest BCUT2D eigenvalue weighted by molar-refractivity contribution is 5.91. The number of aryl methyl sites for hydroxylation is 1. The van der Waals surface area contributed by atoms with E-state index in [-0.39, 0.29) is 39.0 Å². The van der Waals surface area contributed by atoms with Gasteiger partial charge < -0.3 is 28.4 Å². The van der Waals surface area contributed by atoms with Crippen LogP contribution in [0.2, 0.25) is 0 Å². The van der Waals surface area contributed by atoms with E-state index in [9.17, 15) is 14.4 Å². The van der Waals surface area contributed by atoms with E-state index < -0.39 is 17.9 Å². The summed E-state index contributed by atoms with van der Waals surface area (Å²) >= 11 is 0. The lowest BCUT2D eigenvalue weighted by atomic mass is 9.84. The van der Waals surface area contributed by atoms with Crippen molar-refractivity contribution < 1.29 is 42.8 Å². The number of hydrogen-bond acceptors (Lipinski definition) is 9. The summed E-state index contributed by atoms with van der Waals surface area (Å²) in [5.41, 5.74) is 12.9. The lowest BCUT2D eigenvalue weighted by Gasteiger charge is -2.20. The molecule has 64 heavy (non-hydrogen) atoms. The Kier molecular flexibility index (Phi) is 18.8. The van der Waals surface area contributed by atoms with Gasteiger partial charge in [-0.25, -0.2) is 14.4 Å². The molecule has 0 saturated heterocycles. The van der Waals surface area contributed by atoms with E-state index in [2.05, 4.69) is 154 Å². The van der Waals surface area contributed by atoms with Crippen LogP contribution in [0.1, 0.15) is 82.3 Å². The monoisotopic (exact) mass is 862 g/mol. The first-order chi connectivity index (χ1) is 30.9. The van der Waals surface area contributed by atoms with Crippen molar-refractivity contribution in [1.29, 1.82) is 0 Å². The molecular formula is C55H58O9. The molecule has 332 valence electrons. The predicted octanol–water partition coefficient (Wildman–Crippen LogP) is 10.7. The molecule has 0 aliphatic rings. The molecule has 9 heteroatoms. The lowest BCUT2D eigenvalue weighted by Crippen LogP contribution is -2.11. The van der Waals surface area contributed by atoms with Gasteiger partial charge in [0, 0.05) is 22.6 Å². The normalized spacial score (nSPS) is 11.2. The SMILES string of the molecule is C=C(C)C(=O)OCCOCc1ccc(C(=Cc2ccc(C(c3ccc(COCCOC(=O)C(=C)C)cc3)c3ccc(COCCOC(=O)C(=C)C)cc3)cc2)c2ccc(C)cc2)cc1. The van der Waals surface area contributed by atoms with Gasteiger partial charge in [0.05, 0.1) is 39.6 Å². The Bertz CT molecular complexity index is 2290. The number of rotatable bonds is 24. The van der Waals surface area contributed by atoms with E-state index in [0.717, 1.165) is 55.6 Å². The first-order valence-corrected chi connectivity index (χ1v) is 21.2. The van der Waals surface area contributed by atoms with Gasteiger partial charge in [0.2, 0.25) is 0 Å². The Labute approximate surface area is 377 Å². The van der Waals surface area contributed by atoms with Gasteiger partial charge >= 0.3 is 17.9 Å². The molecule has 0 bridgehead atoms. The van der Waals surface area contributed by atoms with Gasteiger partial charge in [-0.2, -0.15) is 0 Å². The van der Waals surface area contributed by atoms with Crippen molar-refractivity contribution in [3.8, 4) is 0 Å².